The van der Waals surface area contributed by atoms with Gasteiger partial charge in [-0.25, -0.2) is 0 Å². The van der Waals surface area contributed by atoms with Crippen LogP contribution in [-0.2, 0) is 4.79 Å². The minimum absolute atomic E-state index is 0.172. The van der Waals surface area contributed by atoms with Gasteiger partial charge in [0.15, 0.2) is 0 Å². The van der Waals surface area contributed by atoms with Crippen LogP contribution in [0.1, 0.15) is 58.8 Å². The summed E-state index contributed by atoms with van der Waals surface area (Å²) in [6, 6.07) is 0. The molecule has 0 heterocycles. The second kappa shape index (κ2) is 5.51. The van der Waals surface area contributed by atoms with Gasteiger partial charge in [-0.1, -0.05) is 26.7 Å². The van der Waals surface area contributed by atoms with E-state index >= 15 is 0 Å². The Morgan fingerprint density at radius 2 is 1.82 bits per heavy atom. The molecule has 2 rings (SSSR count). The maximum atomic E-state index is 12.1. The Kier molecular flexibility index (Phi) is 4.24. The zero-order valence-corrected chi connectivity index (χ0v) is 11.2. The van der Waals surface area contributed by atoms with Gasteiger partial charge < -0.3 is 5.11 Å². The Morgan fingerprint density at radius 3 is 2.59 bits per heavy atom. The van der Waals surface area contributed by atoms with Crippen molar-refractivity contribution in [1.29, 1.82) is 0 Å². The van der Waals surface area contributed by atoms with Gasteiger partial charge in [0.2, 0.25) is 0 Å². The molecule has 17 heavy (non-hydrogen) atoms. The topological polar surface area (TPSA) is 37.3 Å². The van der Waals surface area contributed by atoms with Crippen molar-refractivity contribution in [3.05, 3.63) is 0 Å². The zero-order valence-electron chi connectivity index (χ0n) is 11.2. The molecule has 2 heteroatoms. The summed E-state index contributed by atoms with van der Waals surface area (Å²) in [5, 5.41) is 10.2. The number of hydrogen-bond donors (Lipinski definition) is 1. The van der Waals surface area contributed by atoms with Crippen molar-refractivity contribution in [2.75, 3.05) is 0 Å². The van der Waals surface area contributed by atoms with E-state index in [1.165, 1.54) is 12.8 Å². The highest BCUT2D eigenvalue weighted by atomic mass is 16.3. The monoisotopic (exact) mass is 238 g/mol. The molecule has 0 aliphatic heterocycles. The van der Waals surface area contributed by atoms with Crippen LogP contribution < -0.4 is 0 Å². The van der Waals surface area contributed by atoms with E-state index in [1.807, 2.05) is 0 Å². The second-order valence-electron chi connectivity index (χ2n) is 6.33. The van der Waals surface area contributed by atoms with Crippen LogP contribution >= 0.6 is 0 Å². The molecule has 0 amide bonds. The summed E-state index contributed by atoms with van der Waals surface area (Å²) in [5.41, 5.74) is 0. The Hall–Kier alpha value is -0.370. The Morgan fingerprint density at radius 1 is 1.12 bits per heavy atom. The summed E-state index contributed by atoms with van der Waals surface area (Å²) in [5.74, 6) is 1.75. The third-order valence-electron chi connectivity index (χ3n) is 4.97. The molecule has 2 saturated carbocycles. The molecule has 1 N–H and O–H groups in total. The fourth-order valence-corrected chi connectivity index (χ4v) is 3.72. The Labute approximate surface area is 105 Å². The lowest BCUT2D eigenvalue weighted by atomic mass is 9.71. The van der Waals surface area contributed by atoms with Gasteiger partial charge in [0.05, 0.1) is 6.10 Å². The van der Waals surface area contributed by atoms with E-state index in [0.29, 0.717) is 17.6 Å². The lowest BCUT2D eigenvalue weighted by Gasteiger charge is -2.36. The summed E-state index contributed by atoms with van der Waals surface area (Å²) < 4.78 is 0. The zero-order chi connectivity index (χ0) is 12.4. The predicted octanol–water partition coefficient (Wildman–Crippen LogP) is 3.18. The van der Waals surface area contributed by atoms with Crippen LogP contribution in [0, 0.1) is 23.7 Å². The van der Waals surface area contributed by atoms with E-state index in [2.05, 4.69) is 13.8 Å². The first-order valence-electron chi connectivity index (χ1n) is 7.31. The van der Waals surface area contributed by atoms with Crippen LogP contribution in [0.5, 0.6) is 0 Å². The number of aliphatic hydroxyl groups excluding tert-OH is 1. The second-order valence-corrected chi connectivity index (χ2v) is 6.33. The fourth-order valence-electron chi connectivity index (χ4n) is 3.72. The lowest BCUT2D eigenvalue weighted by molar-refractivity contribution is -0.129. The molecule has 0 spiro atoms. The van der Waals surface area contributed by atoms with Gasteiger partial charge in [0.1, 0.15) is 5.78 Å². The molecule has 98 valence electrons. The van der Waals surface area contributed by atoms with Crippen molar-refractivity contribution < 1.29 is 9.90 Å². The molecule has 0 aromatic rings. The van der Waals surface area contributed by atoms with E-state index in [1.54, 1.807) is 0 Å². The van der Waals surface area contributed by atoms with Gasteiger partial charge in [-0.15, -0.1) is 0 Å². The van der Waals surface area contributed by atoms with Crippen molar-refractivity contribution >= 4 is 5.78 Å². The fraction of sp³-hybridized carbons (Fsp3) is 0.933. The largest absolute Gasteiger partial charge is 0.393 e. The highest BCUT2D eigenvalue weighted by molar-refractivity contribution is 5.83. The van der Waals surface area contributed by atoms with Crippen molar-refractivity contribution in [2.24, 2.45) is 23.7 Å². The van der Waals surface area contributed by atoms with Crippen LogP contribution in [0.3, 0.4) is 0 Å². The minimum atomic E-state index is -0.172. The van der Waals surface area contributed by atoms with Crippen molar-refractivity contribution in [3.8, 4) is 0 Å². The SMILES string of the molecule is CC1CCCC(CC2CCCC(C)C2O)C1=O. The van der Waals surface area contributed by atoms with E-state index < -0.39 is 0 Å². The highest BCUT2D eigenvalue weighted by Gasteiger charge is 2.35. The van der Waals surface area contributed by atoms with Crippen molar-refractivity contribution in [3.63, 3.8) is 0 Å². The summed E-state index contributed by atoms with van der Waals surface area (Å²) in [7, 11) is 0. The molecule has 2 nitrogen and oxygen atoms in total. The van der Waals surface area contributed by atoms with Crippen LogP contribution in [0.4, 0.5) is 0 Å². The number of aliphatic hydroxyl groups is 1. The summed E-state index contributed by atoms with van der Waals surface area (Å²) in [4.78, 5) is 12.1. The number of ketones is 1. The van der Waals surface area contributed by atoms with Crippen LogP contribution in [-0.4, -0.2) is 17.0 Å². The van der Waals surface area contributed by atoms with Gasteiger partial charge in [-0.05, 0) is 43.9 Å². The number of rotatable bonds is 2. The van der Waals surface area contributed by atoms with E-state index in [0.717, 1.165) is 32.1 Å². The maximum Gasteiger partial charge on any atom is 0.138 e. The minimum Gasteiger partial charge on any atom is -0.393 e. The quantitative estimate of drug-likeness (QED) is 0.802. The first-order chi connectivity index (χ1) is 8.09. The van der Waals surface area contributed by atoms with Gasteiger partial charge in [-0.3, -0.25) is 4.79 Å². The lowest BCUT2D eigenvalue weighted by Crippen LogP contribution is -2.36. The number of carbonyl (C=O) groups excluding carboxylic acids is 1. The molecular weight excluding hydrogens is 212 g/mol. The average molecular weight is 238 g/mol. The Bertz CT molecular complexity index is 274. The molecule has 5 unspecified atom stereocenters. The molecule has 0 saturated heterocycles. The number of carbonyl (C=O) groups is 1. The predicted molar refractivity (Wildman–Crippen MR) is 68.6 cm³/mol. The Balaban J connectivity index is 1.93. The maximum absolute atomic E-state index is 12.1. The first-order valence-corrected chi connectivity index (χ1v) is 7.31. The third kappa shape index (κ3) is 2.90. The first kappa shape index (κ1) is 13.1. The molecule has 0 radical (unpaired) electrons. The van der Waals surface area contributed by atoms with Gasteiger partial charge in [-0.2, -0.15) is 0 Å². The molecule has 2 aliphatic rings. The average Bonchev–Trinajstić information content (AvgIpc) is 2.31. The molecule has 2 aliphatic carbocycles. The van der Waals surface area contributed by atoms with Crippen LogP contribution in [0.15, 0.2) is 0 Å². The molecule has 0 aromatic heterocycles. The highest BCUT2D eigenvalue weighted by Crippen LogP contribution is 2.37. The van der Waals surface area contributed by atoms with E-state index in [9.17, 15) is 9.90 Å². The molecule has 2 fully saturated rings. The number of Topliss-reactive ketones (excluding diaryl/α,β-unsaturated/α-hetero) is 1. The van der Waals surface area contributed by atoms with E-state index in [4.69, 9.17) is 0 Å². The van der Waals surface area contributed by atoms with Gasteiger partial charge in [0, 0.05) is 11.8 Å². The summed E-state index contributed by atoms with van der Waals surface area (Å²) >= 11 is 0. The third-order valence-corrected chi connectivity index (χ3v) is 4.97. The summed E-state index contributed by atoms with van der Waals surface area (Å²) in [6.07, 6.45) is 7.56. The van der Waals surface area contributed by atoms with Gasteiger partial charge in [0.25, 0.3) is 0 Å². The molecule has 5 atom stereocenters. The molecule has 0 bridgehead atoms. The molecule has 0 aromatic carbocycles. The smallest absolute Gasteiger partial charge is 0.138 e. The van der Waals surface area contributed by atoms with Crippen molar-refractivity contribution in [2.45, 2.75) is 64.9 Å². The normalized spacial score (nSPS) is 43.7. The van der Waals surface area contributed by atoms with Crippen LogP contribution in [0.2, 0.25) is 0 Å². The number of hydrogen-bond acceptors (Lipinski definition) is 2. The van der Waals surface area contributed by atoms with Gasteiger partial charge >= 0.3 is 0 Å². The molecular formula is C15H26O2. The van der Waals surface area contributed by atoms with E-state index in [-0.39, 0.29) is 17.9 Å². The van der Waals surface area contributed by atoms with Crippen LogP contribution in [0.25, 0.3) is 0 Å². The van der Waals surface area contributed by atoms with Crippen molar-refractivity contribution in [1.82, 2.24) is 0 Å². The standard InChI is InChI=1S/C15H26O2/c1-10-5-3-7-12(14(10)16)9-13-8-4-6-11(2)15(13)17/h10-14,16H,3-9H2,1-2H3. The summed E-state index contributed by atoms with van der Waals surface area (Å²) in [6.45, 7) is 4.20.